The summed E-state index contributed by atoms with van der Waals surface area (Å²) in [5, 5.41) is 0. The number of Topliss-reactive ketones (excluding diaryl/α,β-unsaturated/α-hetero) is 1. The van der Waals surface area contributed by atoms with Crippen LogP contribution in [0.25, 0.3) is 0 Å². The van der Waals surface area contributed by atoms with E-state index in [1.165, 1.54) is 6.07 Å². The lowest BCUT2D eigenvalue weighted by Gasteiger charge is -2.02. The standard InChI is InChI=1S/C15H13FO/c16-14-9-5-4-6-12(14)10-11-15(17)13-7-2-1-3-8-13/h1-9H,10-11H2. The van der Waals surface area contributed by atoms with Crippen molar-refractivity contribution in [2.75, 3.05) is 0 Å². The molecule has 0 saturated carbocycles. The third kappa shape index (κ3) is 3.00. The number of carbonyl (C=O) groups excluding carboxylic acids is 1. The fraction of sp³-hybridized carbons (Fsp3) is 0.133. The molecule has 0 aliphatic heterocycles. The van der Waals surface area contributed by atoms with Crippen LogP contribution in [0.5, 0.6) is 0 Å². The zero-order chi connectivity index (χ0) is 12.1. The molecule has 0 saturated heterocycles. The molecule has 17 heavy (non-hydrogen) atoms. The van der Waals surface area contributed by atoms with Crippen molar-refractivity contribution < 1.29 is 9.18 Å². The minimum absolute atomic E-state index is 0.0499. The van der Waals surface area contributed by atoms with Gasteiger partial charge >= 0.3 is 0 Å². The van der Waals surface area contributed by atoms with Gasteiger partial charge in [0.25, 0.3) is 0 Å². The average molecular weight is 228 g/mol. The maximum atomic E-state index is 13.3. The van der Waals surface area contributed by atoms with Gasteiger partial charge in [-0.1, -0.05) is 48.5 Å². The van der Waals surface area contributed by atoms with Crippen molar-refractivity contribution in [1.29, 1.82) is 0 Å². The molecule has 0 aliphatic rings. The first kappa shape index (κ1) is 11.5. The topological polar surface area (TPSA) is 17.1 Å². The highest BCUT2D eigenvalue weighted by Gasteiger charge is 2.07. The summed E-state index contributed by atoms with van der Waals surface area (Å²) in [7, 11) is 0. The lowest BCUT2D eigenvalue weighted by Crippen LogP contribution is -2.01. The Labute approximate surface area is 99.9 Å². The minimum Gasteiger partial charge on any atom is -0.294 e. The van der Waals surface area contributed by atoms with Crippen LogP contribution >= 0.6 is 0 Å². The Morgan fingerprint density at radius 2 is 1.59 bits per heavy atom. The molecule has 0 fully saturated rings. The summed E-state index contributed by atoms with van der Waals surface area (Å²) in [6.45, 7) is 0. The van der Waals surface area contributed by atoms with Crippen LogP contribution in [-0.4, -0.2) is 5.78 Å². The number of benzene rings is 2. The maximum absolute atomic E-state index is 13.3. The largest absolute Gasteiger partial charge is 0.294 e. The molecule has 0 radical (unpaired) electrons. The molecule has 86 valence electrons. The van der Waals surface area contributed by atoms with E-state index in [0.29, 0.717) is 24.0 Å². The first-order chi connectivity index (χ1) is 8.27. The van der Waals surface area contributed by atoms with Crippen LogP contribution in [-0.2, 0) is 6.42 Å². The van der Waals surface area contributed by atoms with Crippen molar-refractivity contribution >= 4 is 5.78 Å². The lowest BCUT2D eigenvalue weighted by molar-refractivity contribution is 0.0982. The smallest absolute Gasteiger partial charge is 0.163 e. The van der Waals surface area contributed by atoms with Crippen LogP contribution in [0.4, 0.5) is 4.39 Å². The zero-order valence-corrected chi connectivity index (χ0v) is 9.40. The summed E-state index contributed by atoms with van der Waals surface area (Å²) in [6, 6.07) is 15.7. The number of halogens is 1. The Bertz CT molecular complexity index is 505. The van der Waals surface area contributed by atoms with E-state index in [4.69, 9.17) is 0 Å². The summed E-state index contributed by atoms with van der Waals surface area (Å²) < 4.78 is 13.3. The number of ketones is 1. The number of hydrogen-bond acceptors (Lipinski definition) is 1. The predicted octanol–water partition coefficient (Wildman–Crippen LogP) is 3.64. The van der Waals surface area contributed by atoms with Crippen molar-refractivity contribution in [1.82, 2.24) is 0 Å². The molecule has 2 aromatic carbocycles. The van der Waals surface area contributed by atoms with E-state index in [2.05, 4.69) is 0 Å². The molecule has 0 atom stereocenters. The van der Waals surface area contributed by atoms with Gasteiger partial charge < -0.3 is 0 Å². The fourth-order valence-electron chi connectivity index (χ4n) is 1.72. The summed E-state index contributed by atoms with van der Waals surface area (Å²) >= 11 is 0. The van der Waals surface area contributed by atoms with Crippen LogP contribution in [0.15, 0.2) is 54.6 Å². The molecule has 1 nitrogen and oxygen atoms in total. The van der Waals surface area contributed by atoms with Crippen molar-refractivity contribution in [2.45, 2.75) is 12.8 Å². The Morgan fingerprint density at radius 1 is 0.941 bits per heavy atom. The molecule has 0 amide bonds. The highest BCUT2D eigenvalue weighted by Crippen LogP contribution is 2.11. The summed E-state index contributed by atoms with van der Waals surface area (Å²) in [5.41, 5.74) is 1.28. The average Bonchev–Trinajstić information content (AvgIpc) is 2.38. The van der Waals surface area contributed by atoms with Crippen LogP contribution < -0.4 is 0 Å². The second-order valence-corrected chi connectivity index (χ2v) is 3.88. The monoisotopic (exact) mass is 228 g/mol. The number of hydrogen-bond donors (Lipinski definition) is 0. The van der Waals surface area contributed by atoms with Gasteiger partial charge in [0.05, 0.1) is 0 Å². The lowest BCUT2D eigenvalue weighted by atomic mass is 10.0. The van der Waals surface area contributed by atoms with E-state index in [0.717, 1.165) is 0 Å². The van der Waals surface area contributed by atoms with E-state index < -0.39 is 0 Å². The number of aryl methyl sites for hydroxylation is 1. The Morgan fingerprint density at radius 3 is 2.29 bits per heavy atom. The van der Waals surface area contributed by atoms with Gasteiger partial charge in [0.15, 0.2) is 5.78 Å². The fourth-order valence-corrected chi connectivity index (χ4v) is 1.72. The van der Waals surface area contributed by atoms with Crippen molar-refractivity contribution in [3.63, 3.8) is 0 Å². The summed E-state index contributed by atoms with van der Waals surface area (Å²) in [4.78, 5) is 11.8. The molecule has 0 aliphatic carbocycles. The van der Waals surface area contributed by atoms with E-state index in [-0.39, 0.29) is 11.6 Å². The molecule has 0 aromatic heterocycles. The van der Waals surface area contributed by atoms with Gasteiger partial charge in [0.1, 0.15) is 5.82 Å². The van der Waals surface area contributed by atoms with E-state index >= 15 is 0 Å². The molecule has 0 heterocycles. The summed E-state index contributed by atoms with van der Waals surface area (Å²) in [5.74, 6) is -0.192. The van der Waals surface area contributed by atoms with E-state index in [1.807, 2.05) is 18.2 Å². The second-order valence-electron chi connectivity index (χ2n) is 3.88. The van der Waals surface area contributed by atoms with Gasteiger partial charge in [-0.15, -0.1) is 0 Å². The van der Waals surface area contributed by atoms with Crippen molar-refractivity contribution in [3.05, 3.63) is 71.5 Å². The van der Waals surface area contributed by atoms with Gasteiger partial charge in [-0.25, -0.2) is 4.39 Å². The quantitative estimate of drug-likeness (QED) is 0.730. The third-order valence-corrected chi connectivity index (χ3v) is 2.68. The number of carbonyl (C=O) groups is 1. The predicted molar refractivity (Wildman–Crippen MR) is 65.5 cm³/mol. The van der Waals surface area contributed by atoms with Gasteiger partial charge in [0.2, 0.25) is 0 Å². The van der Waals surface area contributed by atoms with E-state index in [9.17, 15) is 9.18 Å². The second kappa shape index (κ2) is 5.39. The van der Waals surface area contributed by atoms with Gasteiger partial charge in [-0.05, 0) is 18.1 Å². The van der Waals surface area contributed by atoms with Crippen molar-refractivity contribution in [2.24, 2.45) is 0 Å². The van der Waals surface area contributed by atoms with Crippen LogP contribution in [0.3, 0.4) is 0 Å². The van der Waals surface area contributed by atoms with Crippen LogP contribution in [0, 0.1) is 5.82 Å². The molecule has 2 heteroatoms. The Kier molecular flexibility index (Phi) is 3.66. The molecule has 0 N–H and O–H groups in total. The van der Waals surface area contributed by atoms with Gasteiger partial charge in [-0.2, -0.15) is 0 Å². The molecule has 0 unspecified atom stereocenters. The molecular weight excluding hydrogens is 215 g/mol. The van der Waals surface area contributed by atoms with Crippen LogP contribution in [0.1, 0.15) is 22.3 Å². The summed E-state index contributed by atoms with van der Waals surface area (Å²) in [6.07, 6.45) is 0.783. The normalized spacial score (nSPS) is 10.2. The van der Waals surface area contributed by atoms with E-state index in [1.54, 1.807) is 30.3 Å². The minimum atomic E-state index is -0.242. The highest BCUT2D eigenvalue weighted by atomic mass is 19.1. The highest BCUT2D eigenvalue weighted by molar-refractivity contribution is 5.96. The number of rotatable bonds is 4. The molecule has 0 bridgehead atoms. The Balaban J connectivity index is 2.00. The molecule has 2 rings (SSSR count). The molecule has 0 spiro atoms. The first-order valence-corrected chi connectivity index (χ1v) is 5.59. The zero-order valence-electron chi connectivity index (χ0n) is 9.40. The molecular formula is C15H13FO. The molecule has 2 aromatic rings. The maximum Gasteiger partial charge on any atom is 0.163 e. The first-order valence-electron chi connectivity index (χ1n) is 5.59. The van der Waals surface area contributed by atoms with Gasteiger partial charge in [0, 0.05) is 12.0 Å². The Hall–Kier alpha value is -1.96. The van der Waals surface area contributed by atoms with Crippen LogP contribution in [0.2, 0.25) is 0 Å². The van der Waals surface area contributed by atoms with Gasteiger partial charge in [-0.3, -0.25) is 4.79 Å². The third-order valence-electron chi connectivity index (χ3n) is 2.68. The van der Waals surface area contributed by atoms with Crippen molar-refractivity contribution in [3.8, 4) is 0 Å². The SMILES string of the molecule is O=C(CCc1ccccc1F)c1ccccc1.